The summed E-state index contributed by atoms with van der Waals surface area (Å²) in [7, 11) is 0. The number of nitrogens with zero attached hydrogens (tertiary/aromatic N) is 1. The molecule has 0 aliphatic rings. The molecule has 0 saturated heterocycles. The lowest BCUT2D eigenvalue weighted by molar-refractivity contribution is -0.138. The van der Waals surface area contributed by atoms with Gasteiger partial charge in [0.2, 0.25) is 11.8 Å². The molecule has 0 spiro atoms. The zero-order chi connectivity index (χ0) is 22.1. The first-order valence-corrected chi connectivity index (χ1v) is 12.4. The number of benzene rings is 2. The van der Waals surface area contributed by atoms with Gasteiger partial charge in [0.15, 0.2) is 0 Å². The molecule has 0 aliphatic heterocycles. The number of halogens is 3. The van der Waals surface area contributed by atoms with Gasteiger partial charge in [-0.15, -0.1) is 11.8 Å². The van der Waals surface area contributed by atoms with Gasteiger partial charge < -0.3 is 10.2 Å². The zero-order valence-corrected chi connectivity index (χ0v) is 20.9. The third-order valence-electron chi connectivity index (χ3n) is 4.46. The Morgan fingerprint density at radius 3 is 2.40 bits per heavy atom. The van der Waals surface area contributed by atoms with Crippen LogP contribution in [-0.4, -0.2) is 35.1 Å². The summed E-state index contributed by atoms with van der Waals surface area (Å²) in [6.07, 6.45) is 0.836. The summed E-state index contributed by atoms with van der Waals surface area (Å²) in [5.74, 6) is 0.740. The van der Waals surface area contributed by atoms with Gasteiger partial charge in [0.05, 0.1) is 15.8 Å². The quantitative estimate of drug-likeness (QED) is 0.413. The van der Waals surface area contributed by atoms with Crippen LogP contribution in [-0.2, 0) is 21.9 Å². The molecular weight excluding hydrogens is 507 g/mol. The fraction of sp³-hybridized carbons (Fsp3) is 0.364. The molecule has 0 aliphatic carbocycles. The molecule has 0 radical (unpaired) electrons. The monoisotopic (exact) mass is 530 g/mol. The van der Waals surface area contributed by atoms with E-state index in [1.54, 1.807) is 24.0 Å². The first kappa shape index (κ1) is 25.1. The van der Waals surface area contributed by atoms with Crippen LogP contribution in [0.1, 0.15) is 31.4 Å². The molecule has 2 amide bonds. The van der Waals surface area contributed by atoms with Crippen LogP contribution in [0.2, 0.25) is 10.0 Å². The van der Waals surface area contributed by atoms with Gasteiger partial charge in [0.1, 0.15) is 6.04 Å². The normalized spacial score (nSPS) is 11.8. The largest absolute Gasteiger partial charge is 0.354 e. The third kappa shape index (κ3) is 7.80. The first-order valence-electron chi connectivity index (χ1n) is 9.65. The number of carbonyl (C=O) groups is 2. The van der Waals surface area contributed by atoms with Crippen molar-refractivity contribution in [3.05, 3.63) is 68.1 Å². The molecule has 4 nitrogen and oxygen atoms in total. The van der Waals surface area contributed by atoms with Gasteiger partial charge in [-0.2, -0.15) is 0 Å². The summed E-state index contributed by atoms with van der Waals surface area (Å²) in [4.78, 5) is 27.1. The minimum absolute atomic E-state index is 0.0951. The minimum Gasteiger partial charge on any atom is -0.354 e. The molecule has 2 aromatic rings. The maximum Gasteiger partial charge on any atom is 0.242 e. The predicted molar refractivity (Wildman–Crippen MR) is 130 cm³/mol. The smallest absolute Gasteiger partial charge is 0.242 e. The number of thioether (sulfide) groups is 1. The average Bonchev–Trinajstić information content (AvgIpc) is 2.73. The van der Waals surface area contributed by atoms with E-state index in [1.807, 2.05) is 37.3 Å². The van der Waals surface area contributed by atoms with E-state index in [-0.39, 0.29) is 24.1 Å². The van der Waals surface area contributed by atoms with Crippen molar-refractivity contribution < 1.29 is 9.59 Å². The van der Waals surface area contributed by atoms with Crippen LogP contribution in [0.25, 0.3) is 0 Å². The summed E-state index contributed by atoms with van der Waals surface area (Å²) in [5.41, 5.74) is 1.96. The number of amides is 2. The molecule has 2 aromatic carbocycles. The van der Waals surface area contributed by atoms with Crippen LogP contribution in [0.5, 0.6) is 0 Å². The lowest BCUT2D eigenvalue weighted by Gasteiger charge is -2.29. The topological polar surface area (TPSA) is 49.4 Å². The molecule has 30 heavy (non-hydrogen) atoms. The van der Waals surface area contributed by atoms with E-state index in [2.05, 4.69) is 21.2 Å². The fourth-order valence-corrected chi connectivity index (χ4v) is 4.19. The van der Waals surface area contributed by atoms with Gasteiger partial charge in [0.25, 0.3) is 0 Å². The molecule has 0 saturated carbocycles. The van der Waals surface area contributed by atoms with Crippen molar-refractivity contribution in [2.45, 2.75) is 38.6 Å². The number of carbonyl (C=O) groups excluding carboxylic acids is 2. The van der Waals surface area contributed by atoms with E-state index in [0.717, 1.165) is 27.8 Å². The van der Waals surface area contributed by atoms with Crippen LogP contribution in [0.4, 0.5) is 0 Å². The van der Waals surface area contributed by atoms with Gasteiger partial charge in [-0.3, -0.25) is 9.59 Å². The van der Waals surface area contributed by atoms with Gasteiger partial charge in [-0.25, -0.2) is 0 Å². The van der Waals surface area contributed by atoms with E-state index < -0.39 is 6.04 Å². The highest BCUT2D eigenvalue weighted by atomic mass is 79.9. The van der Waals surface area contributed by atoms with Crippen molar-refractivity contribution in [3.63, 3.8) is 0 Å². The van der Waals surface area contributed by atoms with Gasteiger partial charge in [0, 0.05) is 23.3 Å². The maximum absolute atomic E-state index is 13.0. The summed E-state index contributed by atoms with van der Waals surface area (Å²) < 4.78 is 1.02. The van der Waals surface area contributed by atoms with Crippen molar-refractivity contribution in [1.29, 1.82) is 0 Å². The van der Waals surface area contributed by atoms with Crippen molar-refractivity contribution >= 4 is 62.7 Å². The number of nitrogens with one attached hydrogen (secondary N) is 1. The van der Waals surface area contributed by atoms with E-state index in [1.165, 1.54) is 11.8 Å². The van der Waals surface area contributed by atoms with E-state index in [4.69, 9.17) is 23.2 Å². The van der Waals surface area contributed by atoms with Crippen LogP contribution in [0, 0.1) is 0 Å². The molecule has 162 valence electrons. The Balaban J connectivity index is 2.07. The average molecular weight is 532 g/mol. The molecule has 2 rings (SSSR count). The van der Waals surface area contributed by atoms with Crippen LogP contribution >= 0.6 is 50.9 Å². The fourth-order valence-electron chi connectivity index (χ4n) is 2.73. The second-order valence-electron chi connectivity index (χ2n) is 6.86. The summed E-state index contributed by atoms with van der Waals surface area (Å²) >= 11 is 17.1. The predicted octanol–water partition coefficient (Wildman–Crippen LogP) is 5.93. The first-order chi connectivity index (χ1) is 14.3. The van der Waals surface area contributed by atoms with E-state index in [9.17, 15) is 9.59 Å². The lowest BCUT2D eigenvalue weighted by atomic mass is 10.1. The number of hydrogen-bond acceptors (Lipinski definition) is 3. The molecule has 0 aromatic heterocycles. The molecule has 0 heterocycles. The van der Waals surface area contributed by atoms with Crippen LogP contribution in [0.15, 0.2) is 46.9 Å². The maximum atomic E-state index is 13.0. The third-order valence-corrected chi connectivity index (χ3v) is 6.72. The Morgan fingerprint density at radius 1 is 1.10 bits per heavy atom. The van der Waals surface area contributed by atoms with Crippen LogP contribution in [0.3, 0.4) is 0 Å². The zero-order valence-electron chi connectivity index (χ0n) is 17.0. The van der Waals surface area contributed by atoms with E-state index >= 15 is 0 Å². The Hall–Kier alpha value is -1.21. The van der Waals surface area contributed by atoms with E-state index in [0.29, 0.717) is 16.6 Å². The van der Waals surface area contributed by atoms with Gasteiger partial charge in [-0.05, 0) is 48.7 Å². The molecule has 0 bridgehead atoms. The standard InChI is InChI=1S/C22H25BrCl2N2O2S/c1-3-10-26-22(29)15(2)27(12-17-6-9-19(24)20(25)11-17)21(28)14-30-13-16-4-7-18(23)8-5-16/h4-9,11,15H,3,10,12-14H2,1-2H3,(H,26,29). The Kier molecular flexibility index (Phi) is 10.5. The highest BCUT2D eigenvalue weighted by Crippen LogP contribution is 2.24. The molecule has 0 fully saturated rings. The Labute approximate surface area is 200 Å². The number of hydrogen-bond donors (Lipinski definition) is 1. The highest BCUT2D eigenvalue weighted by molar-refractivity contribution is 9.10. The lowest BCUT2D eigenvalue weighted by Crippen LogP contribution is -2.48. The van der Waals surface area contributed by atoms with Crippen molar-refractivity contribution in [2.75, 3.05) is 12.3 Å². The Morgan fingerprint density at radius 2 is 1.77 bits per heavy atom. The second kappa shape index (κ2) is 12.6. The number of rotatable bonds is 10. The molecular formula is C22H25BrCl2N2O2S. The van der Waals surface area contributed by atoms with Crippen molar-refractivity contribution in [1.82, 2.24) is 10.2 Å². The van der Waals surface area contributed by atoms with Crippen LogP contribution < -0.4 is 5.32 Å². The summed E-state index contributed by atoms with van der Waals surface area (Å²) in [6.45, 7) is 4.60. The molecule has 1 N–H and O–H groups in total. The second-order valence-corrected chi connectivity index (χ2v) is 9.57. The highest BCUT2D eigenvalue weighted by Gasteiger charge is 2.26. The summed E-state index contributed by atoms with van der Waals surface area (Å²) in [6, 6.07) is 12.7. The molecule has 1 unspecified atom stereocenters. The van der Waals surface area contributed by atoms with Gasteiger partial charge in [-0.1, -0.05) is 64.3 Å². The minimum atomic E-state index is -0.591. The SMILES string of the molecule is CCCNC(=O)C(C)N(Cc1ccc(Cl)c(Cl)c1)C(=O)CSCc1ccc(Br)cc1. The summed E-state index contributed by atoms with van der Waals surface area (Å²) in [5, 5.41) is 3.75. The van der Waals surface area contributed by atoms with Crippen molar-refractivity contribution in [2.24, 2.45) is 0 Å². The Bertz CT molecular complexity index is 865. The van der Waals surface area contributed by atoms with Gasteiger partial charge >= 0.3 is 0 Å². The van der Waals surface area contributed by atoms with Crippen molar-refractivity contribution in [3.8, 4) is 0 Å². The molecule has 8 heteroatoms. The molecule has 1 atom stereocenters.